The van der Waals surface area contributed by atoms with E-state index in [0.29, 0.717) is 11.3 Å². The maximum absolute atomic E-state index is 14.0. The summed E-state index contributed by atoms with van der Waals surface area (Å²) in [5.41, 5.74) is 6.38. The van der Waals surface area contributed by atoms with E-state index in [9.17, 15) is 19.2 Å². The second-order valence-corrected chi connectivity index (χ2v) is 11.1. The molecule has 0 radical (unpaired) electrons. The predicted octanol–water partition coefficient (Wildman–Crippen LogP) is 5.82. The van der Waals surface area contributed by atoms with Crippen LogP contribution in [0.4, 0.5) is 5.69 Å². The van der Waals surface area contributed by atoms with Crippen molar-refractivity contribution in [3.8, 4) is 0 Å². The summed E-state index contributed by atoms with van der Waals surface area (Å²) in [6.45, 7) is 3.46. The lowest BCUT2D eigenvalue weighted by molar-refractivity contribution is -0.122. The molecule has 6 nitrogen and oxygen atoms in total. The highest BCUT2D eigenvalue weighted by Crippen LogP contribution is 2.61. The number of hydrogen-bond donors (Lipinski definition) is 0. The molecule has 1 saturated heterocycles. The van der Waals surface area contributed by atoms with Crippen LogP contribution in [-0.4, -0.2) is 29.7 Å². The summed E-state index contributed by atoms with van der Waals surface area (Å²) < 4.78 is 5.50. The normalized spacial score (nSPS) is 22.5. The minimum absolute atomic E-state index is 0.163. The van der Waals surface area contributed by atoms with Gasteiger partial charge >= 0.3 is 5.97 Å². The lowest BCUT2D eigenvalue weighted by Crippen LogP contribution is -2.41. The standard InChI is InChI=1S/C35H27NO5/c1-19-14-16-21(17-15-19)32(37)20(2)41-35(40)22-8-7-9-23(18-22)36-33(38)30-28-24-10-3-4-11-25(24)29(31(30)34(36)39)27-13-6-5-12-26(27)28/h3-18,20,28-31H,1-2H3. The highest BCUT2D eigenvalue weighted by Gasteiger charge is 2.61. The number of imide groups is 1. The van der Waals surface area contributed by atoms with Crippen molar-refractivity contribution in [2.75, 3.05) is 4.90 Å². The van der Waals surface area contributed by atoms with Crippen LogP contribution in [-0.2, 0) is 14.3 Å². The van der Waals surface area contributed by atoms with Gasteiger partial charge in [-0.3, -0.25) is 14.4 Å². The van der Waals surface area contributed by atoms with Gasteiger partial charge in [-0.25, -0.2) is 9.69 Å². The number of hydrogen-bond acceptors (Lipinski definition) is 5. The second-order valence-electron chi connectivity index (χ2n) is 11.1. The van der Waals surface area contributed by atoms with Gasteiger partial charge in [0, 0.05) is 17.4 Å². The van der Waals surface area contributed by atoms with Gasteiger partial charge in [-0.15, -0.1) is 0 Å². The van der Waals surface area contributed by atoms with Crippen molar-refractivity contribution < 1.29 is 23.9 Å². The molecule has 3 unspecified atom stereocenters. The quantitative estimate of drug-likeness (QED) is 0.181. The van der Waals surface area contributed by atoms with Crippen LogP contribution < -0.4 is 4.90 Å². The summed E-state index contributed by atoms with van der Waals surface area (Å²) in [5.74, 6) is -2.96. The van der Waals surface area contributed by atoms with Crippen LogP contribution in [0.25, 0.3) is 0 Å². The Balaban J connectivity index is 1.18. The summed E-state index contributed by atoms with van der Waals surface area (Å²) in [4.78, 5) is 55.2. The molecule has 0 spiro atoms. The molecule has 8 rings (SSSR count). The molecule has 0 N–H and O–H groups in total. The third-order valence-corrected chi connectivity index (χ3v) is 8.78. The lowest BCUT2D eigenvalue weighted by Gasteiger charge is -2.45. The van der Waals surface area contributed by atoms with E-state index >= 15 is 0 Å². The van der Waals surface area contributed by atoms with Gasteiger partial charge in [-0.2, -0.15) is 0 Å². The summed E-state index contributed by atoms with van der Waals surface area (Å²) in [6, 6.07) is 29.6. The number of nitrogens with zero attached hydrogens (tertiary/aromatic N) is 1. The van der Waals surface area contributed by atoms with Gasteiger partial charge in [0.1, 0.15) is 0 Å². The maximum atomic E-state index is 14.0. The van der Waals surface area contributed by atoms with Gasteiger partial charge in [-0.1, -0.05) is 84.4 Å². The number of aryl methyl sites for hydroxylation is 1. The Bertz CT molecular complexity index is 1640. The highest BCUT2D eigenvalue weighted by molar-refractivity contribution is 6.23. The van der Waals surface area contributed by atoms with E-state index in [0.717, 1.165) is 27.8 Å². The molecule has 4 aromatic carbocycles. The highest BCUT2D eigenvalue weighted by atomic mass is 16.5. The molecule has 3 atom stereocenters. The molecule has 1 heterocycles. The van der Waals surface area contributed by atoms with Crippen LogP contribution >= 0.6 is 0 Å². The molecule has 0 saturated carbocycles. The van der Waals surface area contributed by atoms with E-state index in [1.54, 1.807) is 30.3 Å². The van der Waals surface area contributed by atoms with Gasteiger partial charge in [0.15, 0.2) is 6.10 Å². The molecular weight excluding hydrogens is 514 g/mol. The SMILES string of the molecule is Cc1ccc(C(=O)C(C)OC(=O)c2cccc(N3C(=O)C4C5c6ccccc6C(c6ccccc65)C4C3=O)c2)cc1. The molecular formula is C35H27NO5. The molecule has 6 heteroatoms. The molecule has 1 aliphatic heterocycles. The van der Waals surface area contributed by atoms with E-state index < -0.39 is 23.9 Å². The number of carbonyl (C=O) groups is 4. The maximum Gasteiger partial charge on any atom is 0.338 e. The van der Waals surface area contributed by atoms with Crippen LogP contribution in [0.3, 0.4) is 0 Å². The Hall–Kier alpha value is -4.84. The van der Waals surface area contributed by atoms with E-state index in [4.69, 9.17) is 4.74 Å². The number of Topliss-reactive ketones (excluding diaryl/α,β-unsaturated/α-hetero) is 1. The van der Waals surface area contributed by atoms with Gasteiger partial charge in [0.25, 0.3) is 0 Å². The second kappa shape index (κ2) is 9.37. The summed E-state index contributed by atoms with van der Waals surface area (Å²) in [6.07, 6.45) is -1.00. The van der Waals surface area contributed by atoms with Crippen LogP contribution in [0.5, 0.6) is 0 Å². The molecule has 2 bridgehead atoms. The first-order chi connectivity index (χ1) is 19.8. The summed E-state index contributed by atoms with van der Waals surface area (Å²) in [5, 5.41) is 0. The monoisotopic (exact) mass is 541 g/mol. The van der Waals surface area contributed by atoms with Crippen LogP contribution in [0, 0.1) is 18.8 Å². The molecule has 41 heavy (non-hydrogen) atoms. The van der Waals surface area contributed by atoms with Gasteiger partial charge < -0.3 is 4.74 Å². The number of anilines is 1. The molecule has 202 valence electrons. The zero-order valence-electron chi connectivity index (χ0n) is 22.6. The van der Waals surface area contributed by atoms with Crippen molar-refractivity contribution in [1.82, 2.24) is 0 Å². The zero-order chi connectivity index (χ0) is 28.4. The Morgan fingerprint density at radius 1 is 0.683 bits per heavy atom. The molecule has 3 aliphatic carbocycles. The first-order valence-electron chi connectivity index (χ1n) is 13.8. The van der Waals surface area contributed by atoms with Crippen molar-refractivity contribution in [1.29, 1.82) is 0 Å². The van der Waals surface area contributed by atoms with Crippen molar-refractivity contribution in [2.45, 2.75) is 31.8 Å². The van der Waals surface area contributed by atoms with Crippen molar-refractivity contribution in [2.24, 2.45) is 11.8 Å². The number of rotatable bonds is 5. The Morgan fingerprint density at radius 3 is 1.71 bits per heavy atom. The van der Waals surface area contributed by atoms with Crippen LogP contribution in [0.2, 0.25) is 0 Å². The average molecular weight is 542 g/mol. The number of benzene rings is 4. The number of amides is 2. The van der Waals surface area contributed by atoms with Gasteiger partial charge in [-0.05, 0) is 54.3 Å². The van der Waals surface area contributed by atoms with Crippen LogP contribution in [0.1, 0.15) is 67.3 Å². The smallest absolute Gasteiger partial charge is 0.338 e. The summed E-state index contributed by atoms with van der Waals surface area (Å²) >= 11 is 0. The topological polar surface area (TPSA) is 80.8 Å². The Morgan fingerprint density at radius 2 is 1.20 bits per heavy atom. The van der Waals surface area contributed by atoms with Crippen LogP contribution in [0.15, 0.2) is 97.1 Å². The van der Waals surface area contributed by atoms with E-state index in [1.165, 1.54) is 17.9 Å². The number of esters is 1. The lowest BCUT2D eigenvalue weighted by atomic mass is 9.55. The first kappa shape index (κ1) is 25.1. The minimum atomic E-state index is -1.00. The number of ether oxygens (including phenoxy) is 1. The van der Waals surface area contributed by atoms with Crippen molar-refractivity contribution in [3.05, 3.63) is 136 Å². The molecule has 0 aromatic heterocycles. The molecule has 2 amide bonds. The van der Waals surface area contributed by atoms with E-state index in [1.807, 2.05) is 43.3 Å². The van der Waals surface area contributed by atoms with Crippen molar-refractivity contribution in [3.63, 3.8) is 0 Å². The fourth-order valence-electron chi connectivity index (χ4n) is 6.94. The molecule has 1 fully saturated rings. The van der Waals surface area contributed by atoms with Gasteiger partial charge in [0.05, 0.1) is 23.1 Å². The Labute approximate surface area is 237 Å². The number of carbonyl (C=O) groups excluding carboxylic acids is 4. The Kier molecular flexibility index (Phi) is 5.75. The average Bonchev–Trinajstić information content (AvgIpc) is 3.27. The largest absolute Gasteiger partial charge is 0.451 e. The van der Waals surface area contributed by atoms with Crippen molar-refractivity contribution >= 4 is 29.3 Å². The molecule has 4 aromatic rings. The third kappa shape index (κ3) is 3.78. The fourth-order valence-corrected chi connectivity index (χ4v) is 6.94. The molecule has 4 aliphatic rings. The third-order valence-electron chi connectivity index (χ3n) is 8.78. The minimum Gasteiger partial charge on any atom is -0.451 e. The predicted molar refractivity (Wildman–Crippen MR) is 153 cm³/mol. The van der Waals surface area contributed by atoms with E-state index in [-0.39, 0.29) is 35.0 Å². The van der Waals surface area contributed by atoms with E-state index in [2.05, 4.69) is 24.3 Å². The zero-order valence-corrected chi connectivity index (χ0v) is 22.6. The summed E-state index contributed by atoms with van der Waals surface area (Å²) in [7, 11) is 0. The fraction of sp³-hybridized carbons (Fsp3) is 0.200. The number of ketones is 1. The first-order valence-corrected chi connectivity index (χ1v) is 13.8. The van der Waals surface area contributed by atoms with Gasteiger partial charge in [0.2, 0.25) is 17.6 Å².